The molecule has 0 aliphatic carbocycles. The van der Waals surface area contributed by atoms with Crippen molar-refractivity contribution in [2.24, 2.45) is 0 Å². The number of carbonyl (C=O) groups is 4. The van der Waals surface area contributed by atoms with E-state index in [1.165, 1.54) is 31.4 Å². The molecule has 3 aromatic carbocycles. The van der Waals surface area contributed by atoms with Gasteiger partial charge >= 0.3 is 11.9 Å². The van der Waals surface area contributed by atoms with Crippen LogP contribution in [-0.4, -0.2) is 78.1 Å². The minimum Gasteiger partial charge on any atom is -0.459 e. The molecule has 0 aromatic heterocycles. The van der Waals surface area contributed by atoms with Gasteiger partial charge in [-0.1, -0.05) is 48.5 Å². The van der Waals surface area contributed by atoms with Gasteiger partial charge in [0.05, 0.1) is 22.3 Å². The van der Waals surface area contributed by atoms with Crippen molar-refractivity contribution >= 4 is 23.8 Å². The quantitative estimate of drug-likeness (QED) is 0.361. The molecule has 1 fully saturated rings. The van der Waals surface area contributed by atoms with Crippen molar-refractivity contribution in [3.05, 3.63) is 107 Å². The fraction of sp³-hybridized carbons (Fsp3) is 0.241. The fourth-order valence-electron chi connectivity index (χ4n) is 4.70. The maximum Gasteiger partial charge on any atom is 0.338 e. The molecule has 2 heterocycles. The molecule has 1 saturated heterocycles. The first-order valence-electron chi connectivity index (χ1n) is 12.2. The van der Waals surface area contributed by atoms with E-state index in [1.807, 2.05) is 0 Å². The Labute approximate surface area is 223 Å². The third-order valence-corrected chi connectivity index (χ3v) is 6.64. The van der Waals surface area contributed by atoms with Crippen LogP contribution in [0.5, 0.6) is 0 Å². The van der Waals surface area contributed by atoms with Gasteiger partial charge in [-0.25, -0.2) is 9.59 Å². The van der Waals surface area contributed by atoms with Gasteiger partial charge in [0.25, 0.3) is 11.8 Å². The highest BCUT2D eigenvalue weighted by molar-refractivity contribution is 6.21. The van der Waals surface area contributed by atoms with Crippen LogP contribution in [-0.2, 0) is 18.9 Å². The Morgan fingerprint density at radius 2 is 1.33 bits per heavy atom. The number of methoxy groups -OCH3 is 1. The highest BCUT2D eigenvalue weighted by atomic mass is 16.7. The fourth-order valence-corrected chi connectivity index (χ4v) is 4.70. The highest BCUT2D eigenvalue weighted by Crippen LogP contribution is 2.34. The Bertz CT molecular complexity index is 1340. The number of hydrogen-bond acceptors (Lipinski definition) is 9. The summed E-state index contributed by atoms with van der Waals surface area (Å²) in [6.45, 7) is -0.414. The first kappa shape index (κ1) is 26.2. The number of ether oxygens (including phenoxy) is 4. The molecule has 10 heteroatoms. The van der Waals surface area contributed by atoms with E-state index in [2.05, 4.69) is 0 Å². The van der Waals surface area contributed by atoms with Gasteiger partial charge in [-0.2, -0.15) is 0 Å². The Balaban J connectivity index is 1.45. The van der Waals surface area contributed by atoms with E-state index in [0.29, 0.717) is 5.56 Å². The summed E-state index contributed by atoms with van der Waals surface area (Å²) in [6.07, 6.45) is -5.59. The van der Waals surface area contributed by atoms with Crippen LogP contribution in [0.4, 0.5) is 0 Å². The second-order valence-corrected chi connectivity index (χ2v) is 8.99. The minimum atomic E-state index is -1.60. The number of carbonyl (C=O) groups excluding carboxylic acids is 4. The zero-order valence-corrected chi connectivity index (χ0v) is 20.8. The molecule has 5 unspecified atom stereocenters. The molecule has 200 valence electrons. The zero-order chi connectivity index (χ0) is 27.5. The Morgan fingerprint density at radius 3 is 1.87 bits per heavy atom. The largest absolute Gasteiger partial charge is 0.459 e. The van der Waals surface area contributed by atoms with Crippen molar-refractivity contribution in [1.29, 1.82) is 0 Å². The number of benzene rings is 3. The number of fused-ring (bicyclic) bond motifs is 1. The SMILES string of the molecule is COC1OC(COC(=O)c2ccccc2)C(O)C(OC(=O)c2ccccc2)C1N1C(=O)c2ccccc2C1=O. The lowest BCUT2D eigenvalue weighted by atomic mass is 9.95. The van der Waals surface area contributed by atoms with Crippen LogP contribution in [0.2, 0.25) is 0 Å². The first-order chi connectivity index (χ1) is 18.9. The molecule has 0 spiro atoms. The summed E-state index contributed by atoms with van der Waals surface area (Å²) in [5, 5.41) is 11.3. The van der Waals surface area contributed by atoms with E-state index < -0.39 is 61.0 Å². The van der Waals surface area contributed by atoms with Crippen molar-refractivity contribution in [2.45, 2.75) is 30.6 Å². The third kappa shape index (κ3) is 5.05. The number of hydrogen-bond donors (Lipinski definition) is 1. The molecule has 0 radical (unpaired) electrons. The van der Waals surface area contributed by atoms with Crippen LogP contribution in [0.3, 0.4) is 0 Å². The third-order valence-electron chi connectivity index (χ3n) is 6.64. The van der Waals surface area contributed by atoms with Crippen LogP contribution in [0.15, 0.2) is 84.9 Å². The number of imide groups is 1. The Morgan fingerprint density at radius 1 is 0.821 bits per heavy atom. The molecule has 0 saturated carbocycles. The van der Waals surface area contributed by atoms with Gasteiger partial charge in [0.2, 0.25) is 0 Å². The summed E-state index contributed by atoms with van der Waals surface area (Å²) < 4.78 is 22.5. The summed E-state index contributed by atoms with van der Waals surface area (Å²) in [5.41, 5.74) is 0.818. The first-order valence-corrected chi connectivity index (χ1v) is 12.2. The normalized spacial score (nSPS) is 24.3. The number of aliphatic hydroxyl groups is 1. The average Bonchev–Trinajstić information content (AvgIpc) is 3.23. The minimum absolute atomic E-state index is 0.166. The summed E-state index contributed by atoms with van der Waals surface area (Å²) in [5.74, 6) is -2.74. The molecular weight excluding hydrogens is 506 g/mol. The lowest BCUT2D eigenvalue weighted by Crippen LogP contribution is -2.66. The second-order valence-electron chi connectivity index (χ2n) is 8.99. The highest BCUT2D eigenvalue weighted by Gasteiger charge is 2.55. The number of nitrogens with zero attached hydrogens (tertiary/aromatic N) is 1. The summed E-state index contributed by atoms with van der Waals surface area (Å²) in [7, 11) is 1.29. The average molecular weight is 532 g/mol. The van der Waals surface area contributed by atoms with Crippen molar-refractivity contribution in [3.63, 3.8) is 0 Å². The molecule has 2 aliphatic heterocycles. The van der Waals surface area contributed by atoms with Crippen molar-refractivity contribution in [2.75, 3.05) is 13.7 Å². The smallest absolute Gasteiger partial charge is 0.338 e. The van der Waals surface area contributed by atoms with E-state index >= 15 is 0 Å². The Hall–Kier alpha value is -4.38. The van der Waals surface area contributed by atoms with E-state index in [0.717, 1.165) is 4.90 Å². The van der Waals surface area contributed by atoms with E-state index in [9.17, 15) is 24.3 Å². The van der Waals surface area contributed by atoms with Crippen molar-refractivity contribution in [1.82, 2.24) is 4.90 Å². The predicted octanol–water partition coefficient (Wildman–Crippen LogP) is 2.47. The molecule has 2 aliphatic rings. The van der Waals surface area contributed by atoms with Gasteiger partial charge in [0.1, 0.15) is 24.9 Å². The second kappa shape index (κ2) is 11.2. The van der Waals surface area contributed by atoms with Gasteiger partial charge in [-0.3, -0.25) is 14.5 Å². The maximum atomic E-state index is 13.3. The molecule has 1 N–H and O–H groups in total. The molecule has 0 bridgehead atoms. The van der Waals surface area contributed by atoms with Crippen molar-refractivity contribution < 1.29 is 43.2 Å². The maximum absolute atomic E-state index is 13.3. The van der Waals surface area contributed by atoms with Crippen LogP contribution < -0.4 is 0 Å². The van der Waals surface area contributed by atoms with Gasteiger partial charge in [0.15, 0.2) is 12.4 Å². The predicted molar refractivity (Wildman–Crippen MR) is 135 cm³/mol. The van der Waals surface area contributed by atoms with Gasteiger partial charge in [-0.05, 0) is 36.4 Å². The number of esters is 2. The van der Waals surface area contributed by atoms with E-state index in [-0.39, 0.29) is 16.7 Å². The molecule has 5 rings (SSSR count). The molecular formula is C29H25NO9. The van der Waals surface area contributed by atoms with Gasteiger partial charge in [0, 0.05) is 7.11 Å². The molecule has 5 atom stereocenters. The van der Waals surface area contributed by atoms with E-state index in [1.54, 1.807) is 60.7 Å². The molecule has 10 nitrogen and oxygen atoms in total. The lowest BCUT2D eigenvalue weighted by Gasteiger charge is -2.45. The topological polar surface area (TPSA) is 129 Å². The van der Waals surface area contributed by atoms with Crippen LogP contribution in [0, 0.1) is 0 Å². The summed E-state index contributed by atoms with van der Waals surface area (Å²) in [6, 6.07) is 21.2. The number of amides is 2. The van der Waals surface area contributed by atoms with Crippen LogP contribution in [0.1, 0.15) is 41.4 Å². The monoisotopic (exact) mass is 531 g/mol. The standard InChI is InChI=1S/C29H25NO9/c1-36-29-22(30-25(32)19-14-8-9-15-20(19)26(30)33)24(39-28(35)18-12-6-3-7-13-18)23(31)21(38-29)16-37-27(34)17-10-4-2-5-11-17/h2-15,21-24,29,31H,16H2,1H3. The molecule has 39 heavy (non-hydrogen) atoms. The van der Waals surface area contributed by atoms with E-state index in [4.69, 9.17) is 18.9 Å². The van der Waals surface area contributed by atoms with Crippen molar-refractivity contribution in [3.8, 4) is 0 Å². The molecule has 3 aromatic rings. The summed E-state index contributed by atoms with van der Waals surface area (Å²) >= 11 is 0. The Kier molecular flexibility index (Phi) is 7.51. The number of aliphatic hydroxyl groups excluding tert-OH is 1. The van der Waals surface area contributed by atoms with Gasteiger partial charge < -0.3 is 24.1 Å². The lowest BCUT2D eigenvalue weighted by molar-refractivity contribution is -0.271. The zero-order valence-electron chi connectivity index (χ0n) is 20.8. The summed E-state index contributed by atoms with van der Waals surface area (Å²) in [4.78, 5) is 53.1. The number of rotatable bonds is 7. The van der Waals surface area contributed by atoms with Crippen LogP contribution >= 0.6 is 0 Å². The van der Waals surface area contributed by atoms with Crippen LogP contribution in [0.25, 0.3) is 0 Å². The van der Waals surface area contributed by atoms with Gasteiger partial charge in [-0.15, -0.1) is 0 Å². The molecule has 2 amide bonds.